The molecule has 4 N–H and O–H groups in total. The minimum absolute atomic E-state index is 0. The number of ether oxygens (including phenoxy) is 2. The van der Waals surface area contributed by atoms with Crippen LogP contribution in [-0.2, 0) is 9.47 Å². The predicted octanol–water partition coefficient (Wildman–Crippen LogP) is 1.60. The van der Waals surface area contributed by atoms with Gasteiger partial charge in [-0.05, 0) is 40.0 Å². The standard InChI is InChI=1S/C14H28N4O3.HI/c1-14(2,3)21-13(19)17-8-5-7-16-12(15)18-10-11-6-4-9-20-11;/h11H,4-10H2,1-3H3,(H,17,19)(H3,15,16,18);1H. The van der Waals surface area contributed by atoms with Crippen molar-refractivity contribution in [3.8, 4) is 0 Å². The summed E-state index contributed by atoms with van der Waals surface area (Å²) >= 11 is 0. The second-order valence-corrected chi connectivity index (χ2v) is 6.07. The van der Waals surface area contributed by atoms with Gasteiger partial charge in [-0.3, -0.25) is 4.99 Å². The van der Waals surface area contributed by atoms with Crippen molar-refractivity contribution in [2.24, 2.45) is 10.7 Å². The first-order valence-corrected chi connectivity index (χ1v) is 7.49. The Morgan fingerprint density at radius 1 is 1.36 bits per heavy atom. The lowest BCUT2D eigenvalue weighted by molar-refractivity contribution is 0.0527. The van der Waals surface area contributed by atoms with Crippen molar-refractivity contribution in [3.63, 3.8) is 0 Å². The molecular weight excluding hydrogens is 399 g/mol. The van der Waals surface area contributed by atoms with E-state index in [0.717, 1.165) is 25.9 Å². The van der Waals surface area contributed by atoms with Gasteiger partial charge in [-0.15, -0.1) is 24.0 Å². The highest BCUT2D eigenvalue weighted by Gasteiger charge is 2.15. The van der Waals surface area contributed by atoms with Gasteiger partial charge in [0.05, 0.1) is 12.6 Å². The van der Waals surface area contributed by atoms with Crippen LogP contribution in [0, 0.1) is 0 Å². The molecule has 8 heteroatoms. The van der Waals surface area contributed by atoms with E-state index in [4.69, 9.17) is 15.2 Å². The van der Waals surface area contributed by atoms with Gasteiger partial charge in [-0.25, -0.2) is 4.79 Å². The van der Waals surface area contributed by atoms with E-state index < -0.39 is 11.7 Å². The summed E-state index contributed by atoms with van der Waals surface area (Å²) in [6.07, 6.45) is 2.71. The van der Waals surface area contributed by atoms with Crippen LogP contribution in [0.25, 0.3) is 0 Å². The Balaban J connectivity index is 0.00000441. The quantitative estimate of drug-likeness (QED) is 0.259. The molecule has 1 aliphatic rings. The van der Waals surface area contributed by atoms with E-state index in [1.807, 2.05) is 20.8 Å². The van der Waals surface area contributed by atoms with Crippen molar-refractivity contribution in [2.75, 3.05) is 26.2 Å². The molecule has 0 aromatic heterocycles. The molecule has 0 aliphatic carbocycles. The molecule has 1 aliphatic heterocycles. The van der Waals surface area contributed by atoms with E-state index in [2.05, 4.69) is 15.6 Å². The van der Waals surface area contributed by atoms with Gasteiger partial charge in [-0.1, -0.05) is 0 Å². The van der Waals surface area contributed by atoms with E-state index in [1.54, 1.807) is 0 Å². The van der Waals surface area contributed by atoms with Gasteiger partial charge >= 0.3 is 6.09 Å². The number of nitrogens with two attached hydrogens (primary N) is 1. The third-order valence-electron chi connectivity index (χ3n) is 2.82. The molecule has 1 saturated heterocycles. The molecule has 0 saturated carbocycles. The normalized spacial score (nSPS) is 18.5. The van der Waals surface area contributed by atoms with Gasteiger partial charge in [0.25, 0.3) is 0 Å². The second kappa shape index (κ2) is 10.9. The lowest BCUT2D eigenvalue weighted by Gasteiger charge is -2.19. The highest BCUT2D eigenvalue weighted by Crippen LogP contribution is 2.11. The first-order chi connectivity index (χ1) is 9.87. The topological polar surface area (TPSA) is 98.0 Å². The first-order valence-electron chi connectivity index (χ1n) is 7.49. The van der Waals surface area contributed by atoms with Crippen molar-refractivity contribution >= 4 is 36.0 Å². The molecule has 1 atom stereocenters. The number of carbonyl (C=O) groups is 1. The molecule has 1 heterocycles. The van der Waals surface area contributed by atoms with Crippen LogP contribution in [0.3, 0.4) is 0 Å². The fourth-order valence-electron chi connectivity index (χ4n) is 1.85. The number of nitrogens with one attached hydrogen (secondary N) is 2. The number of carbonyl (C=O) groups excluding carboxylic acids is 1. The predicted molar refractivity (Wildman–Crippen MR) is 97.7 cm³/mol. The monoisotopic (exact) mass is 428 g/mol. The lowest BCUT2D eigenvalue weighted by atomic mass is 10.2. The molecule has 0 radical (unpaired) electrons. The summed E-state index contributed by atoms with van der Waals surface area (Å²) in [6, 6.07) is 0. The van der Waals surface area contributed by atoms with Crippen LogP contribution >= 0.6 is 24.0 Å². The molecule has 7 nitrogen and oxygen atoms in total. The highest BCUT2D eigenvalue weighted by atomic mass is 127. The van der Waals surface area contributed by atoms with Crippen LogP contribution in [0.4, 0.5) is 4.79 Å². The summed E-state index contributed by atoms with van der Waals surface area (Å²) in [5.74, 6) is 0.419. The molecule has 0 bridgehead atoms. The van der Waals surface area contributed by atoms with Crippen LogP contribution in [0.2, 0.25) is 0 Å². The molecule has 22 heavy (non-hydrogen) atoms. The van der Waals surface area contributed by atoms with Crippen molar-refractivity contribution in [3.05, 3.63) is 0 Å². The Labute approximate surface area is 149 Å². The zero-order valence-electron chi connectivity index (χ0n) is 13.7. The number of hydrogen-bond acceptors (Lipinski definition) is 4. The smallest absolute Gasteiger partial charge is 0.407 e. The SMILES string of the molecule is CC(C)(C)OC(=O)NCCCNC(N)=NCC1CCCO1.I. The van der Waals surface area contributed by atoms with Crippen LogP contribution in [0.5, 0.6) is 0 Å². The van der Waals surface area contributed by atoms with Crippen molar-refractivity contribution in [1.82, 2.24) is 10.6 Å². The van der Waals surface area contributed by atoms with Gasteiger partial charge in [0.2, 0.25) is 0 Å². The Hall–Kier alpha value is -0.770. The maximum Gasteiger partial charge on any atom is 0.407 e. The number of guanidine groups is 1. The van der Waals surface area contributed by atoms with Gasteiger partial charge in [0.1, 0.15) is 5.60 Å². The Morgan fingerprint density at radius 2 is 2.05 bits per heavy atom. The molecule has 0 aromatic rings. The van der Waals surface area contributed by atoms with E-state index >= 15 is 0 Å². The summed E-state index contributed by atoms with van der Waals surface area (Å²) in [6.45, 7) is 8.11. The van der Waals surface area contributed by atoms with Crippen molar-refractivity contribution in [2.45, 2.75) is 51.7 Å². The number of nitrogens with zero attached hydrogens (tertiary/aromatic N) is 1. The molecule has 0 spiro atoms. The van der Waals surface area contributed by atoms with Gasteiger partial charge < -0.3 is 25.8 Å². The van der Waals surface area contributed by atoms with Crippen LogP contribution in [0.15, 0.2) is 4.99 Å². The van der Waals surface area contributed by atoms with Crippen molar-refractivity contribution < 1.29 is 14.3 Å². The van der Waals surface area contributed by atoms with E-state index in [0.29, 0.717) is 25.6 Å². The Morgan fingerprint density at radius 3 is 2.64 bits per heavy atom. The number of alkyl carbamates (subject to hydrolysis) is 1. The molecule has 1 amide bonds. The van der Waals surface area contributed by atoms with Crippen molar-refractivity contribution in [1.29, 1.82) is 0 Å². The minimum Gasteiger partial charge on any atom is -0.444 e. The summed E-state index contributed by atoms with van der Waals surface area (Å²) in [5.41, 5.74) is 5.28. The molecule has 1 rings (SSSR count). The summed E-state index contributed by atoms with van der Waals surface area (Å²) in [7, 11) is 0. The highest BCUT2D eigenvalue weighted by molar-refractivity contribution is 14.0. The zero-order chi connectivity index (χ0) is 15.7. The zero-order valence-corrected chi connectivity index (χ0v) is 16.0. The number of aliphatic imine (C=N–C) groups is 1. The van der Waals surface area contributed by atoms with Gasteiger partial charge in [0, 0.05) is 19.7 Å². The molecule has 130 valence electrons. The largest absolute Gasteiger partial charge is 0.444 e. The Bertz CT molecular complexity index is 352. The van der Waals surface area contributed by atoms with Crippen LogP contribution in [0.1, 0.15) is 40.0 Å². The number of rotatable bonds is 6. The van der Waals surface area contributed by atoms with E-state index in [1.165, 1.54) is 0 Å². The third kappa shape index (κ3) is 10.9. The first kappa shape index (κ1) is 21.2. The van der Waals surface area contributed by atoms with E-state index in [9.17, 15) is 4.79 Å². The average molecular weight is 428 g/mol. The number of amides is 1. The third-order valence-corrected chi connectivity index (χ3v) is 2.82. The minimum atomic E-state index is -0.471. The lowest BCUT2D eigenvalue weighted by Crippen LogP contribution is -2.36. The van der Waals surface area contributed by atoms with Crippen LogP contribution in [-0.4, -0.2) is 50.0 Å². The van der Waals surface area contributed by atoms with Crippen LogP contribution < -0.4 is 16.4 Å². The van der Waals surface area contributed by atoms with E-state index in [-0.39, 0.29) is 30.1 Å². The number of hydrogen-bond donors (Lipinski definition) is 3. The summed E-state index contributed by atoms with van der Waals surface area (Å²) < 4.78 is 10.6. The van der Waals surface area contributed by atoms with Gasteiger partial charge in [0.15, 0.2) is 5.96 Å². The maximum atomic E-state index is 11.4. The molecule has 1 fully saturated rings. The Kier molecular flexibility index (Phi) is 10.5. The molecule has 1 unspecified atom stereocenters. The maximum absolute atomic E-state index is 11.4. The summed E-state index contributed by atoms with van der Waals surface area (Å²) in [5, 5.41) is 5.70. The summed E-state index contributed by atoms with van der Waals surface area (Å²) in [4.78, 5) is 15.6. The fraction of sp³-hybridized carbons (Fsp3) is 0.857. The molecule has 0 aromatic carbocycles. The average Bonchev–Trinajstić information content (AvgIpc) is 2.86. The fourth-order valence-corrected chi connectivity index (χ4v) is 1.85. The molecular formula is C14H29IN4O3. The second-order valence-electron chi connectivity index (χ2n) is 6.07. The number of halogens is 1. The van der Waals surface area contributed by atoms with Gasteiger partial charge in [-0.2, -0.15) is 0 Å².